The molecule has 0 bridgehead atoms. The molecule has 0 aliphatic carbocycles. The monoisotopic (exact) mass is 373 g/mol. The number of nitrogens with zero attached hydrogens (tertiary/aromatic N) is 1. The summed E-state index contributed by atoms with van der Waals surface area (Å²) in [6.07, 6.45) is 1.01. The van der Waals surface area contributed by atoms with E-state index in [0.717, 1.165) is 6.26 Å². The first-order valence-electron chi connectivity index (χ1n) is 7.99. The minimum absolute atomic E-state index is 0.0321. The van der Waals surface area contributed by atoms with Crippen molar-refractivity contribution in [3.63, 3.8) is 0 Å². The highest BCUT2D eigenvalue weighted by Gasteiger charge is 2.34. The lowest BCUT2D eigenvalue weighted by Crippen LogP contribution is -2.46. The van der Waals surface area contributed by atoms with Crippen LogP contribution in [0.2, 0.25) is 0 Å². The Labute approximate surface area is 151 Å². The number of benzene rings is 1. The molecule has 1 aromatic carbocycles. The van der Waals surface area contributed by atoms with Crippen LogP contribution in [0.15, 0.2) is 44.9 Å². The maximum absolute atomic E-state index is 12.9. The Kier molecular flexibility index (Phi) is 4.63. The number of rotatable bonds is 4. The summed E-state index contributed by atoms with van der Waals surface area (Å²) >= 11 is 0. The van der Waals surface area contributed by atoms with Gasteiger partial charge >= 0.3 is 17.7 Å². The van der Waals surface area contributed by atoms with Crippen LogP contribution in [0.25, 0.3) is 11.0 Å². The zero-order chi connectivity index (χ0) is 19.7. The first-order valence-corrected chi connectivity index (χ1v) is 7.99. The Balaban J connectivity index is 2.21. The highest BCUT2D eigenvalue weighted by Crippen LogP contribution is 2.29. The van der Waals surface area contributed by atoms with Gasteiger partial charge in [-0.05, 0) is 19.9 Å². The first kappa shape index (κ1) is 18.1. The van der Waals surface area contributed by atoms with Crippen molar-refractivity contribution >= 4 is 28.7 Å². The van der Waals surface area contributed by atoms with Crippen LogP contribution in [0, 0.1) is 10.1 Å². The molecule has 1 unspecified atom stereocenters. The Hall–Kier alpha value is -3.69. The molecule has 0 saturated carbocycles. The van der Waals surface area contributed by atoms with Crippen LogP contribution in [0.5, 0.6) is 0 Å². The minimum Gasteiger partial charge on any atom is -0.463 e. The largest absolute Gasteiger partial charge is 0.463 e. The van der Waals surface area contributed by atoms with Gasteiger partial charge in [-0.1, -0.05) is 6.07 Å². The molecule has 1 atom stereocenters. The summed E-state index contributed by atoms with van der Waals surface area (Å²) in [6.45, 7) is 3.24. The normalized spacial score (nSPS) is 16.7. The molecule has 2 amide bonds. The molecule has 2 N–H and O–H groups in total. The van der Waals surface area contributed by atoms with Crippen molar-refractivity contribution in [2.45, 2.75) is 19.9 Å². The van der Waals surface area contributed by atoms with E-state index in [1.54, 1.807) is 6.92 Å². The second-order valence-electron chi connectivity index (χ2n) is 5.72. The van der Waals surface area contributed by atoms with Crippen LogP contribution in [0.3, 0.4) is 0 Å². The van der Waals surface area contributed by atoms with Gasteiger partial charge in [0, 0.05) is 11.8 Å². The first-order chi connectivity index (χ1) is 12.8. The lowest BCUT2D eigenvalue weighted by atomic mass is 9.96. The Bertz CT molecular complexity index is 1050. The fourth-order valence-corrected chi connectivity index (χ4v) is 2.91. The number of allylic oxidation sites excluding steroid dienone is 1. The van der Waals surface area contributed by atoms with Gasteiger partial charge in [-0.3, -0.25) is 14.9 Å². The van der Waals surface area contributed by atoms with Gasteiger partial charge in [-0.15, -0.1) is 0 Å². The molecule has 10 nitrogen and oxygen atoms in total. The second-order valence-corrected chi connectivity index (χ2v) is 5.72. The Morgan fingerprint density at radius 2 is 2.11 bits per heavy atom. The summed E-state index contributed by atoms with van der Waals surface area (Å²) in [7, 11) is 0. The van der Waals surface area contributed by atoms with Gasteiger partial charge in [0.15, 0.2) is 5.43 Å². The van der Waals surface area contributed by atoms with Crippen LogP contribution in [0.1, 0.15) is 25.5 Å². The minimum atomic E-state index is -1.11. The van der Waals surface area contributed by atoms with Crippen molar-refractivity contribution in [3.8, 4) is 0 Å². The van der Waals surface area contributed by atoms with E-state index in [9.17, 15) is 24.5 Å². The number of hydrogen-bond donors (Lipinski definition) is 2. The molecule has 0 fully saturated rings. The highest BCUT2D eigenvalue weighted by atomic mass is 16.6. The maximum Gasteiger partial charge on any atom is 0.338 e. The van der Waals surface area contributed by atoms with Gasteiger partial charge in [-0.2, -0.15) is 0 Å². The van der Waals surface area contributed by atoms with Crippen LogP contribution >= 0.6 is 0 Å². The van der Waals surface area contributed by atoms with Crippen molar-refractivity contribution < 1.29 is 23.7 Å². The van der Waals surface area contributed by atoms with Crippen molar-refractivity contribution in [1.29, 1.82) is 0 Å². The van der Waals surface area contributed by atoms with Gasteiger partial charge in [0.1, 0.15) is 6.26 Å². The molecule has 1 aliphatic heterocycles. The third-order valence-electron chi connectivity index (χ3n) is 4.08. The molecule has 10 heteroatoms. The number of non-ortho nitro benzene ring substituents is 1. The summed E-state index contributed by atoms with van der Waals surface area (Å²) in [5.74, 6) is -0.703. The smallest absolute Gasteiger partial charge is 0.338 e. The molecule has 0 radical (unpaired) electrons. The summed E-state index contributed by atoms with van der Waals surface area (Å²) in [5.41, 5.74) is -0.894. The van der Waals surface area contributed by atoms with Crippen molar-refractivity contribution in [3.05, 3.63) is 61.6 Å². The molecule has 1 aliphatic rings. The molecule has 27 heavy (non-hydrogen) atoms. The third kappa shape index (κ3) is 3.12. The number of nitro benzene ring substituents is 1. The van der Waals surface area contributed by atoms with Gasteiger partial charge in [0.25, 0.3) is 0 Å². The molecular weight excluding hydrogens is 358 g/mol. The standard InChI is InChI=1S/C17H15N3O7/c1-3-26-16(22)12-8(2)18-17(23)19-13(12)10-7-27-15-9(14(10)21)5-4-6-11(15)20(24)25/h4-7,13H,3H2,1-2H3,(H2,18,19,23). The number of esters is 1. The molecular formula is C17H15N3O7. The van der Waals surface area contributed by atoms with E-state index < -0.39 is 28.4 Å². The predicted molar refractivity (Wildman–Crippen MR) is 92.9 cm³/mol. The van der Waals surface area contributed by atoms with Crippen LogP contribution in [-0.2, 0) is 9.53 Å². The number of para-hydroxylation sites is 1. The molecule has 140 valence electrons. The number of fused-ring (bicyclic) bond motifs is 1. The maximum atomic E-state index is 12.9. The summed E-state index contributed by atoms with van der Waals surface area (Å²) in [4.78, 5) is 47.6. The SMILES string of the molecule is CCOC(=O)C1=C(C)NC(=O)NC1c1coc2c([N+](=O)[O-])cccc2c1=O. The van der Waals surface area contributed by atoms with E-state index in [4.69, 9.17) is 9.15 Å². The number of amides is 2. The molecule has 0 spiro atoms. The summed E-state index contributed by atoms with van der Waals surface area (Å²) < 4.78 is 10.3. The van der Waals surface area contributed by atoms with Crippen LogP contribution < -0.4 is 16.1 Å². The fourth-order valence-electron chi connectivity index (χ4n) is 2.91. The molecule has 1 aromatic heterocycles. The predicted octanol–water partition coefficient (Wildman–Crippen LogP) is 1.89. The second kappa shape index (κ2) is 6.90. The van der Waals surface area contributed by atoms with Gasteiger partial charge in [0.05, 0.1) is 34.1 Å². The van der Waals surface area contributed by atoms with Gasteiger partial charge in [-0.25, -0.2) is 9.59 Å². The number of ether oxygens (including phenoxy) is 1. The fraction of sp³-hybridized carbons (Fsp3) is 0.235. The number of nitrogens with one attached hydrogen (secondary N) is 2. The number of carbonyl (C=O) groups excluding carboxylic acids is 2. The van der Waals surface area contributed by atoms with Crippen LogP contribution in [-0.4, -0.2) is 23.5 Å². The Morgan fingerprint density at radius 3 is 2.78 bits per heavy atom. The van der Waals surface area contributed by atoms with E-state index in [0.29, 0.717) is 0 Å². The number of urea groups is 1. The summed E-state index contributed by atoms with van der Waals surface area (Å²) in [5, 5.41) is 16.0. The summed E-state index contributed by atoms with van der Waals surface area (Å²) in [6, 6.07) is 2.23. The van der Waals surface area contributed by atoms with E-state index in [1.165, 1.54) is 25.1 Å². The zero-order valence-corrected chi connectivity index (χ0v) is 14.4. The van der Waals surface area contributed by atoms with E-state index in [-0.39, 0.29) is 40.1 Å². The average molecular weight is 373 g/mol. The number of carbonyl (C=O) groups is 2. The third-order valence-corrected chi connectivity index (χ3v) is 4.08. The highest BCUT2D eigenvalue weighted by molar-refractivity contribution is 5.95. The lowest BCUT2D eigenvalue weighted by molar-refractivity contribution is -0.383. The van der Waals surface area contributed by atoms with Crippen molar-refractivity contribution in [2.75, 3.05) is 6.61 Å². The zero-order valence-electron chi connectivity index (χ0n) is 14.4. The number of nitro groups is 1. The molecule has 2 aromatic rings. The molecule has 2 heterocycles. The molecule has 3 rings (SSSR count). The quantitative estimate of drug-likeness (QED) is 0.473. The average Bonchev–Trinajstić information content (AvgIpc) is 2.61. The Morgan fingerprint density at radius 1 is 1.37 bits per heavy atom. The van der Waals surface area contributed by atoms with Crippen molar-refractivity contribution in [2.24, 2.45) is 0 Å². The molecule has 0 saturated heterocycles. The van der Waals surface area contributed by atoms with Crippen molar-refractivity contribution in [1.82, 2.24) is 10.6 Å². The van der Waals surface area contributed by atoms with Gasteiger partial charge in [0.2, 0.25) is 5.58 Å². The lowest BCUT2D eigenvalue weighted by Gasteiger charge is -2.27. The van der Waals surface area contributed by atoms with E-state index in [2.05, 4.69) is 10.6 Å². The number of hydrogen-bond acceptors (Lipinski definition) is 7. The topological polar surface area (TPSA) is 141 Å². The van der Waals surface area contributed by atoms with E-state index in [1.807, 2.05) is 0 Å². The van der Waals surface area contributed by atoms with E-state index >= 15 is 0 Å². The van der Waals surface area contributed by atoms with Gasteiger partial charge < -0.3 is 19.8 Å². The van der Waals surface area contributed by atoms with Crippen LogP contribution in [0.4, 0.5) is 10.5 Å².